The van der Waals surface area contributed by atoms with Crippen LogP contribution in [0.3, 0.4) is 0 Å². The zero-order valence-corrected chi connectivity index (χ0v) is 9.92. The third-order valence-corrected chi connectivity index (χ3v) is 3.33. The monoisotopic (exact) mass is 229 g/mol. The molecule has 0 radical (unpaired) electrons. The van der Waals surface area contributed by atoms with E-state index >= 15 is 0 Å². The molecule has 0 aliphatic rings. The van der Waals surface area contributed by atoms with Gasteiger partial charge in [0.15, 0.2) is 5.78 Å². The summed E-state index contributed by atoms with van der Waals surface area (Å²) in [6.07, 6.45) is 2.69. The van der Waals surface area contributed by atoms with Gasteiger partial charge in [-0.15, -0.1) is 11.3 Å². The van der Waals surface area contributed by atoms with Crippen molar-refractivity contribution in [2.75, 3.05) is 25.1 Å². The molecular weight excluding hydrogens is 214 g/mol. The molecule has 0 aliphatic heterocycles. The van der Waals surface area contributed by atoms with Gasteiger partial charge in [-0.3, -0.25) is 4.79 Å². The summed E-state index contributed by atoms with van der Waals surface area (Å²) in [6, 6.07) is 3.80. The minimum Gasteiger partial charge on any atom is -0.315 e. The number of rotatable bonds is 7. The largest absolute Gasteiger partial charge is 0.315 e. The second-order valence-electron chi connectivity index (χ2n) is 2.89. The van der Waals surface area contributed by atoms with E-state index in [1.54, 1.807) is 0 Å². The summed E-state index contributed by atoms with van der Waals surface area (Å²) in [5.74, 6) is 1.35. The van der Waals surface area contributed by atoms with Crippen LogP contribution < -0.4 is 5.32 Å². The lowest BCUT2D eigenvalue weighted by Crippen LogP contribution is -2.20. The van der Waals surface area contributed by atoms with Gasteiger partial charge >= 0.3 is 0 Å². The van der Waals surface area contributed by atoms with Crippen molar-refractivity contribution in [1.82, 2.24) is 5.32 Å². The SMILES string of the molecule is CSCCNCCC(=O)c1cccs1. The summed E-state index contributed by atoms with van der Waals surface area (Å²) < 4.78 is 0. The van der Waals surface area contributed by atoms with E-state index in [4.69, 9.17) is 0 Å². The number of hydrogen-bond donors (Lipinski definition) is 1. The Bertz CT molecular complexity index is 259. The molecule has 78 valence electrons. The Morgan fingerprint density at radius 1 is 1.57 bits per heavy atom. The number of thiophene rings is 1. The molecule has 0 saturated carbocycles. The molecule has 0 atom stereocenters. The molecule has 1 N–H and O–H groups in total. The van der Waals surface area contributed by atoms with E-state index in [-0.39, 0.29) is 5.78 Å². The molecule has 0 fully saturated rings. The number of carbonyl (C=O) groups is 1. The second-order valence-corrected chi connectivity index (χ2v) is 4.83. The van der Waals surface area contributed by atoms with E-state index in [1.807, 2.05) is 29.3 Å². The molecular formula is C10H15NOS2. The molecule has 0 saturated heterocycles. The lowest BCUT2D eigenvalue weighted by Gasteiger charge is -2.01. The van der Waals surface area contributed by atoms with Gasteiger partial charge < -0.3 is 5.32 Å². The van der Waals surface area contributed by atoms with Crippen molar-refractivity contribution in [1.29, 1.82) is 0 Å². The highest BCUT2D eigenvalue weighted by atomic mass is 32.2. The maximum atomic E-state index is 11.5. The number of nitrogens with one attached hydrogen (secondary N) is 1. The molecule has 14 heavy (non-hydrogen) atoms. The highest BCUT2D eigenvalue weighted by Crippen LogP contribution is 2.10. The normalized spacial score (nSPS) is 10.4. The first-order valence-electron chi connectivity index (χ1n) is 4.61. The minimum atomic E-state index is 0.247. The van der Waals surface area contributed by atoms with Crippen LogP contribution in [-0.2, 0) is 0 Å². The maximum absolute atomic E-state index is 11.5. The Hall–Kier alpha value is -0.320. The molecule has 1 aromatic rings. The van der Waals surface area contributed by atoms with E-state index in [1.165, 1.54) is 11.3 Å². The van der Waals surface area contributed by atoms with Gasteiger partial charge in [-0.05, 0) is 17.7 Å². The van der Waals surface area contributed by atoms with Crippen molar-refractivity contribution in [3.63, 3.8) is 0 Å². The summed E-state index contributed by atoms with van der Waals surface area (Å²) in [5, 5.41) is 5.18. The predicted molar refractivity (Wildman–Crippen MR) is 64.5 cm³/mol. The van der Waals surface area contributed by atoms with E-state index in [0.717, 1.165) is 23.7 Å². The van der Waals surface area contributed by atoms with Gasteiger partial charge in [-0.2, -0.15) is 11.8 Å². The number of Topliss-reactive ketones (excluding diaryl/α,β-unsaturated/α-hetero) is 1. The third-order valence-electron chi connectivity index (χ3n) is 1.81. The fourth-order valence-corrected chi connectivity index (χ4v) is 2.10. The van der Waals surface area contributed by atoms with Crippen LogP contribution in [0.5, 0.6) is 0 Å². The van der Waals surface area contributed by atoms with Crippen molar-refractivity contribution in [3.8, 4) is 0 Å². The van der Waals surface area contributed by atoms with Gasteiger partial charge in [0.2, 0.25) is 0 Å². The fraction of sp³-hybridized carbons (Fsp3) is 0.500. The lowest BCUT2D eigenvalue weighted by atomic mass is 10.2. The highest BCUT2D eigenvalue weighted by molar-refractivity contribution is 7.98. The Morgan fingerprint density at radius 2 is 2.43 bits per heavy atom. The number of thioether (sulfide) groups is 1. The smallest absolute Gasteiger partial charge is 0.174 e. The molecule has 0 bridgehead atoms. The Labute approximate surface area is 93.1 Å². The van der Waals surface area contributed by atoms with E-state index < -0.39 is 0 Å². The minimum absolute atomic E-state index is 0.247. The molecule has 2 nitrogen and oxygen atoms in total. The first-order valence-corrected chi connectivity index (χ1v) is 6.88. The Kier molecular flexibility index (Phi) is 5.91. The summed E-state index contributed by atoms with van der Waals surface area (Å²) in [7, 11) is 0. The molecule has 0 aliphatic carbocycles. The highest BCUT2D eigenvalue weighted by Gasteiger charge is 2.04. The average molecular weight is 229 g/mol. The first kappa shape index (κ1) is 11.8. The van der Waals surface area contributed by atoms with E-state index in [2.05, 4.69) is 11.6 Å². The first-order chi connectivity index (χ1) is 6.84. The number of hydrogen-bond acceptors (Lipinski definition) is 4. The molecule has 4 heteroatoms. The second kappa shape index (κ2) is 7.04. The Morgan fingerprint density at radius 3 is 3.07 bits per heavy atom. The number of ketones is 1. The average Bonchev–Trinajstić information content (AvgIpc) is 2.70. The maximum Gasteiger partial charge on any atom is 0.174 e. The molecule has 0 unspecified atom stereocenters. The van der Waals surface area contributed by atoms with Gasteiger partial charge in [-0.25, -0.2) is 0 Å². The van der Waals surface area contributed by atoms with Crippen LogP contribution in [0.1, 0.15) is 16.1 Å². The van der Waals surface area contributed by atoms with Crippen LogP contribution in [0.25, 0.3) is 0 Å². The fourth-order valence-electron chi connectivity index (χ4n) is 1.06. The molecule has 1 rings (SSSR count). The van der Waals surface area contributed by atoms with Crippen molar-refractivity contribution in [2.45, 2.75) is 6.42 Å². The van der Waals surface area contributed by atoms with Crippen molar-refractivity contribution < 1.29 is 4.79 Å². The lowest BCUT2D eigenvalue weighted by molar-refractivity contribution is 0.0987. The zero-order valence-electron chi connectivity index (χ0n) is 8.29. The predicted octanol–water partition coefficient (Wildman–Crippen LogP) is 2.27. The molecule has 0 amide bonds. The molecule has 0 aromatic carbocycles. The summed E-state index contributed by atoms with van der Waals surface area (Å²) in [5.41, 5.74) is 0. The molecule has 1 aromatic heterocycles. The topological polar surface area (TPSA) is 29.1 Å². The van der Waals surface area contributed by atoms with Gasteiger partial charge in [0.1, 0.15) is 0 Å². The third kappa shape index (κ3) is 4.26. The standard InChI is InChI=1S/C10H15NOS2/c1-13-8-6-11-5-4-9(12)10-3-2-7-14-10/h2-3,7,11H,4-6,8H2,1H3. The van der Waals surface area contributed by atoms with Crippen LogP contribution in [-0.4, -0.2) is 30.9 Å². The van der Waals surface area contributed by atoms with Crippen molar-refractivity contribution in [2.24, 2.45) is 0 Å². The van der Waals surface area contributed by atoms with Crippen LogP contribution in [0, 0.1) is 0 Å². The van der Waals surface area contributed by atoms with Crippen LogP contribution in [0.4, 0.5) is 0 Å². The zero-order chi connectivity index (χ0) is 10.2. The van der Waals surface area contributed by atoms with Gasteiger partial charge in [-0.1, -0.05) is 6.07 Å². The van der Waals surface area contributed by atoms with Crippen LogP contribution in [0.15, 0.2) is 17.5 Å². The van der Waals surface area contributed by atoms with Crippen molar-refractivity contribution in [3.05, 3.63) is 22.4 Å². The van der Waals surface area contributed by atoms with Crippen LogP contribution >= 0.6 is 23.1 Å². The van der Waals surface area contributed by atoms with E-state index in [9.17, 15) is 4.79 Å². The summed E-state index contributed by atoms with van der Waals surface area (Å²) in [4.78, 5) is 12.4. The van der Waals surface area contributed by atoms with Crippen LogP contribution in [0.2, 0.25) is 0 Å². The Balaban J connectivity index is 2.10. The summed E-state index contributed by atoms with van der Waals surface area (Å²) >= 11 is 3.33. The summed E-state index contributed by atoms with van der Waals surface area (Å²) in [6.45, 7) is 1.77. The number of carbonyl (C=O) groups excluding carboxylic acids is 1. The molecule has 1 heterocycles. The molecule has 0 spiro atoms. The van der Waals surface area contributed by atoms with Gasteiger partial charge in [0.25, 0.3) is 0 Å². The van der Waals surface area contributed by atoms with Gasteiger partial charge in [0.05, 0.1) is 4.88 Å². The van der Waals surface area contributed by atoms with Gasteiger partial charge in [0, 0.05) is 25.3 Å². The van der Waals surface area contributed by atoms with E-state index in [0.29, 0.717) is 6.42 Å². The quantitative estimate of drug-likeness (QED) is 0.574. The van der Waals surface area contributed by atoms with Crippen molar-refractivity contribution >= 4 is 28.9 Å².